The van der Waals surface area contributed by atoms with Crippen molar-refractivity contribution in [1.82, 2.24) is 10.2 Å². The lowest BCUT2D eigenvalue weighted by atomic mass is 10.3. The van der Waals surface area contributed by atoms with E-state index in [2.05, 4.69) is 20.8 Å². The molecule has 3 rings (SSSR count). The molecule has 0 aliphatic rings. The van der Waals surface area contributed by atoms with E-state index in [4.69, 9.17) is 9.47 Å². The zero-order valence-electron chi connectivity index (χ0n) is 15.6. The molecule has 1 heterocycles. The third kappa shape index (κ3) is 5.14. The zero-order valence-corrected chi connectivity index (χ0v) is 17.3. The van der Waals surface area contributed by atoms with Gasteiger partial charge in [0.2, 0.25) is 11.0 Å². The number of methoxy groups -OCH3 is 2. The van der Waals surface area contributed by atoms with Crippen molar-refractivity contribution in [2.45, 2.75) is 16.5 Å². The van der Waals surface area contributed by atoms with Gasteiger partial charge in [-0.15, -0.1) is 10.2 Å². The van der Waals surface area contributed by atoms with Crippen LogP contribution in [0, 0.1) is 0 Å². The number of aromatic nitrogens is 2. The van der Waals surface area contributed by atoms with E-state index < -0.39 is 0 Å². The van der Waals surface area contributed by atoms with E-state index in [9.17, 15) is 4.79 Å². The van der Waals surface area contributed by atoms with Crippen LogP contribution >= 0.6 is 23.1 Å². The molecule has 0 spiro atoms. The quantitative estimate of drug-likeness (QED) is 0.526. The molecule has 2 N–H and O–H groups in total. The number of benzene rings is 2. The highest BCUT2D eigenvalue weighted by atomic mass is 32.2. The van der Waals surface area contributed by atoms with Crippen LogP contribution in [0.5, 0.6) is 11.5 Å². The van der Waals surface area contributed by atoms with Crippen molar-refractivity contribution < 1.29 is 14.3 Å². The molecule has 3 aromatic rings. The first-order valence-corrected chi connectivity index (χ1v) is 10.1. The topological polar surface area (TPSA) is 85.4 Å². The van der Waals surface area contributed by atoms with Gasteiger partial charge in [-0.1, -0.05) is 35.2 Å². The van der Waals surface area contributed by atoms with Gasteiger partial charge < -0.3 is 20.1 Å². The Morgan fingerprint density at radius 2 is 1.82 bits per heavy atom. The number of para-hydroxylation sites is 2. The summed E-state index contributed by atoms with van der Waals surface area (Å²) in [5, 5.41) is 14.7. The van der Waals surface area contributed by atoms with Crippen molar-refractivity contribution in [3.63, 3.8) is 0 Å². The van der Waals surface area contributed by atoms with Gasteiger partial charge in [-0.2, -0.15) is 0 Å². The van der Waals surface area contributed by atoms with E-state index in [-0.39, 0.29) is 11.2 Å². The number of amides is 1. The predicted octanol–water partition coefficient (Wildman–Crippen LogP) is 4.42. The van der Waals surface area contributed by atoms with Gasteiger partial charge in [0.05, 0.1) is 25.2 Å². The van der Waals surface area contributed by atoms with Gasteiger partial charge in [0.25, 0.3) is 0 Å². The van der Waals surface area contributed by atoms with Crippen LogP contribution < -0.4 is 20.1 Å². The molecule has 1 aromatic heterocycles. The third-order valence-corrected chi connectivity index (χ3v) is 5.78. The number of anilines is 3. The highest BCUT2D eigenvalue weighted by Crippen LogP contribution is 2.33. The molecule has 0 fully saturated rings. The summed E-state index contributed by atoms with van der Waals surface area (Å²) in [6.45, 7) is 1.83. The van der Waals surface area contributed by atoms with Crippen LogP contribution in [0.1, 0.15) is 6.92 Å². The van der Waals surface area contributed by atoms with Crippen LogP contribution in [0.4, 0.5) is 16.5 Å². The van der Waals surface area contributed by atoms with Gasteiger partial charge >= 0.3 is 0 Å². The summed E-state index contributed by atoms with van der Waals surface area (Å²) in [6.07, 6.45) is 0. The number of hydrogen-bond donors (Lipinski definition) is 2. The van der Waals surface area contributed by atoms with Crippen molar-refractivity contribution in [1.29, 1.82) is 0 Å². The lowest BCUT2D eigenvalue weighted by Gasteiger charge is -2.10. The van der Waals surface area contributed by atoms with Crippen LogP contribution in [-0.4, -0.2) is 35.6 Å². The first-order valence-electron chi connectivity index (χ1n) is 8.44. The monoisotopic (exact) mass is 416 g/mol. The van der Waals surface area contributed by atoms with E-state index in [1.54, 1.807) is 38.5 Å². The molecule has 1 amide bonds. The molecule has 0 radical (unpaired) electrons. The summed E-state index contributed by atoms with van der Waals surface area (Å²) in [7, 11) is 3.22. The van der Waals surface area contributed by atoms with Crippen molar-refractivity contribution in [2.75, 3.05) is 24.9 Å². The Morgan fingerprint density at radius 1 is 1.07 bits per heavy atom. The van der Waals surface area contributed by atoms with Gasteiger partial charge in [0, 0.05) is 5.69 Å². The maximum atomic E-state index is 12.4. The van der Waals surface area contributed by atoms with Crippen LogP contribution in [0.3, 0.4) is 0 Å². The summed E-state index contributed by atoms with van der Waals surface area (Å²) in [6, 6.07) is 14.8. The van der Waals surface area contributed by atoms with Crippen LogP contribution in [0.25, 0.3) is 0 Å². The molecule has 1 unspecified atom stereocenters. The fourth-order valence-electron chi connectivity index (χ4n) is 2.29. The van der Waals surface area contributed by atoms with Gasteiger partial charge in [-0.25, -0.2) is 0 Å². The van der Waals surface area contributed by atoms with E-state index in [0.29, 0.717) is 15.2 Å². The standard InChI is InChI=1S/C19H20N4O3S2/c1-12(17(24)20-13-8-10-14(25-2)11-9-13)27-19-23-22-18(28-19)21-15-6-4-5-7-16(15)26-3/h4-12H,1-3H3,(H,20,24)(H,21,22). The molecule has 28 heavy (non-hydrogen) atoms. The minimum atomic E-state index is -0.325. The Bertz CT molecular complexity index is 931. The Hall–Kier alpha value is -2.78. The fraction of sp³-hybridized carbons (Fsp3) is 0.211. The normalized spacial score (nSPS) is 11.5. The first-order chi connectivity index (χ1) is 13.6. The maximum Gasteiger partial charge on any atom is 0.237 e. The largest absolute Gasteiger partial charge is 0.497 e. The SMILES string of the molecule is COc1ccc(NC(=O)C(C)Sc2nnc(Nc3ccccc3OC)s2)cc1. The summed E-state index contributed by atoms with van der Waals surface area (Å²) in [5.74, 6) is 1.35. The van der Waals surface area contributed by atoms with Crippen LogP contribution in [-0.2, 0) is 4.79 Å². The van der Waals surface area contributed by atoms with E-state index >= 15 is 0 Å². The van der Waals surface area contributed by atoms with E-state index in [1.165, 1.54) is 23.1 Å². The average molecular weight is 417 g/mol. The van der Waals surface area contributed by atoms with Crippen LogP contribution in [0.2, 0.25) is 0 Å². The van der Waals surface area contributed by atoms with Crippen molar-refractivity contribution in [2.24, 2.45) is 0 Å². The van der Waals surface area contributed by atoms with Crippen molar-refractivity contribution in [3.8, 4) is 11.5 Å². The highest BCUT2D eigenvalue weighted by molar-refractivity contribution is 8.02. The summed E-state index contributed by atoms with van der Waals surface area (Å²) < 4.78 is 11.1. The molecular formula is C19H20N4O3S2. The smallest absolute Gasteiger partial charge is 0.237 e. The number of hydrogen-bond acceptors (Lipinski definition) is 8. The average Bonchev–Trinajstić information content (AvgIpc) is 3.15. The second-order valence-corrected chi connectivity index (χ2v) is 8.24. The molecule has 146 valence electrons. The van der Waals surface area contributed by atoms with Gasteiger partial charge in [0.1, 0.15) is 11.5 Å². The molecule has 0 saturated heterocycles. The second kappa shape index (κ2) is 9.43. The zero-order chi connectivity index (χ0) is 19.9. The van der Waals surface area contributed by atoms with Gasteiger partial charge in [-0.05, 0) is 43.3 Å². The lowest BCUT2D eigenvalue weighted by molar-refractivity contribution is -0.115. The molecular weight excluding hydrogens is 396 g/mol. The van der Waals surface area contributed by atoms with Crippen LogP contribution in [0.15, 0.2) is 52.9 Å². The molecule has 9 heteroatoms. The van der Waals surface area contributed by atoms with E-state index in [1.807, 2.05) is 31.2 Å². The Morgan fingerprint density at radius 3 is 2.54 bits per heavy atom. The predicted molar refractivity (Wildman–Crippen MR) is 113 cm³/mol. The number of carbonyl (C=O) groups is 1. The summed E-state index contributed by atoms with van der Waals surface area (Å²) in [4.78, 5) is 12.4. The second-order valence-electron chi connectivity index (χ2n) is 5.68. The van der Waals surface area contributed by atoms with Gasteiger partial charge in [-0.3, -0.25) is 4.79 Å². The molecule has 0 bridgehead atoms. The molecule has 0 saturated carbocycles. The number of nitrogens with zero attached hydrogens (tertiary/aromatic N) is 2. The Balaban J connectivity index is 1.58. The molecule has 1 atom stereocenters. The fourth-order valence-corrected chi connectivity index (χ4v) is 4.20. The molecule has 2 aromatic carbocycles. The number of nitrogens with one attached hydrogen (secondary N) is 2. The Kier molecular flexibility index (Phi) is 6.72. The number of rotatable bonds is 8. The molecule has 0 aliphatic carbocycles. The third-order valence-electron chi connectivity index (χ3n) is 3.76. The highest BCUT2D eigenvalue weighted by Gasteiger charge is 2.18. The maximum absolute atomic E-state index is 12.4. The van der Waals surface area contributed by atoms with Crippen molar-refractivity contribution in [3.05, 3.63) is 48.5 Å². The number of ether oxygens (including phenoxy) is 2. The minimum absolute atomic E-state index is 0.107. The lowest BCUT2D eigenvalue weighted by Crippen LogP contribution is -2.22. The van der Waals surface area contributed by atoms with E-state index in [0.717, 1.165) is 17.2 Å². The van der Waals surface area contributed by atoms with Crippen molar-refractivity contribution >= 4 is 45.5 Å². The minimum Gasteiger partial charge on any atom is -0.497 e. The van der Waals surface area contributed by atoms with Gasteiger partial charge in [0.15, 0.2) is 4.34 Å². The number of carbonyl (C=O) groups excluding carboxylic acids is 1. The molecule has 0 aliphatic heterocycles. The first kappa shape index (κ1) is 20.0. The summed E-state index contributed by atoms with van der Waals surface area (Å²) in [5.41, 5.74) is 1.53. The summed E-state index contributed by atoms with van der Waals surface area (Å²) >= 11 is 2.74. The molecule has 7 nitrogen and oxygen atoms in total. The Labute approximate surface area is 171 Å². The number of thioether (sulfide) groups is 1.